The summed E-state index contributed by atoms with van der Waals surface area (Å²) < 4.78 is 13.6. The smallest absolute Gasteiger partial charge is 0.138 e. The predicted octanol–water partition coefficient (Wildman–Crippen LogP) is 2.79. The van der Waals surface area contributed by atoms with E-state index in [-0.39, 0.29) is 12.4 Å². The van der Waals surface area contributed by atoms with E-state index >= 15 is 0 Å². The number of hydrogen-bond acceptors (Lipinski definition) is 2. The minimum atomic E-state index is -0.320. The molecular formula is C17H22FNO. The highest BCUT2D eigenvalue weighted by Crippen LogP contribution is 2.30. The summed E-state index contributed by atoms with van der Waals surface area (Å²) in [5, 5.41) is 8.70. The van der Waals surface area contributed by atoms with Crippen molar-refractivity contribution in [3.05, 3.63) is 35.1 Å². The molecule has 1 aliphatic carbocycles. The fourth-order valence-electron chi connectivity index (χ4n) is 2.38. The minimum absolute atomic E-state index is 0.243. The first kappa shape index (κ1) is 15.0. The first-order valence-corrected chi connectivity index (χ1v) is 7.33. The number of benzene rings is 1. The van der Waals surface area contributed by atoms with Gasteiger partial charge in [0, 0.05) is 13.1 Å². The third kappa shape index (κ3) is 4.63. The van der Waals surface area contributed by atoms with Crippen LogP contribution >= 0.6 is 0 Å². The molecule has 2 nitrogen and oxygen atoms in total. The summed E-state index contributed by atoms with van der Waals surface area (Å²) in [5.41, 5.74) is 1.46. The highest BCUT2D eigenvalue weighted by atomic mass is 19.1. The molecular weight excluding hydrogens is 253 g/mol. The Morgan fingerprint density at radius 2 is 2.20 bits per heavy atom. The molecule has 1 aromatic carbocycles. The van der Waals surface area contributed by atoms with Crippen molar-refractivity contribution in [2.24, 2.45) is 5.92 Å². The Hall–Kier alpha value is -1.37. The number of rotatable bonds is 6. The third-order valence-corrected chi connectivity index (χ3v) is 3.49. The molecule has 3 heteroatoms. The molecule has 0 spiro atoms. The zero-order valence-corrected chi connectivity index (χ0v) is 12.0. The van der Waals surface area contributed by atoms with Gasteiger partial charge in [0.25, 0.3) is 0 Å². The average molecular weight is 275 g/mol. The highest BCUT2D eigenvalue weighted by Gasteiger charge is 2.23. The van der Waals surface area contributed by atoms with Crippen LogP contribution in [0.3, 0.4) is 0 Å². The van der Waals surface area contributed by atoms with Gasteiger partial charge >= 0.3 is 0 Å². The molecule has 20 heavy (non-hydrogen) atoms. The van der Waals surface area contributed by atoms with Crippen LogP contribution in [0.25, 0.3) is 0 Å². The van der Waals surface area contributed by atoms with E-state index in [9.17, 15) is 4.39 Å². The molecule has 0 heterocycles. The maximum Gasteiger partial charge on any atom is 0.138 e. The SMILES string of the molecule is CCCN(Cc1ccc(F)c(C#CCO)c1)CC1CC1. The largest absolute Gasteiger partial charge is 0.384 e. The van der Waals surface area contributed by atoms with E-state index in [1.165, 1.54) is 18.9 Å². The maximum absolute atomic E-state index is 13.6. The molecule has 0 saturated heterocycles. The van der Waals surface area contributed by atoms with E-state index in [0.717, 1.165) is 37.5 Å². The van der Waals surface area contributed by atoms with Gasteiger partial charge in [0.15, 0.2) is 0 Å². The van der Waals surface area contributed by atoms with Crippen LogP contribution in [-0.4, -0.2) is 29.7 Å². The molecule has 0 aliphatic heterocycles. The van der Waals surface area contributed by atoms with Crippen LogP contribution < -0.4 is 0 Å². The lowest BCUT2D eigenvalue weighted by molar-refractivity contribution is 0.255. The Kier molecular flexibility index (Phi) is 5.58. The summed E-state index contributed by atoms with van der Waals surface area (Å²) in [6, 6.07) is 5.10. The van der Waals surface area contributed by atoms with Gasteiger partial charge in [-0.3, -0.25) is 4.90 Å². The second-order valence-corrected chi connectivity index (χ2v) is 5.45. The summed E-state index contributed by atoms with van der Waals surface area (Å²) in [6.07, 6.45) is 3.82. The molecule has 1 aliphatic rings. The second-order valence-electron chi connectivity index (χ2n) is 5.45. The second kappa shape index (κ2) is 7.42. The maximum atomic E-state index is 13.6. The van der Waals surface area contributed by atoms with E-state index in [0.29, 0.717) is 5.56 Å². The molecule has 108 valence electrons. The number of aliphatic hydroxyl groups is 1. The molecule has 1 aromatic rings. The van der Waals surface area contributed by atoms with Gasteiger partial charge in [-0.25, -0.2) is 4.39 Å². The fraction of sp³-hybridized carbons (Fsp3) is 0.529. The van der Waals surface area contributed by atoms with Crippen molar-refractivity contribution >= 4 is 0 Å². The summed E-state index contributed by atoms with van der Waals surface area (Å²) in [4.78, 5) is 2.44. The normalized spacial score (nSPS) is 14.2. The van der Waals surface area contributed by atoms with Crippen LogP contribution in [0.5, 0.6) is 0 Å². The van der Waals surface area contributed by atoms with Crippen molar-refractivity contribution in [1.29, 1.82) is 0 Å². The fourth-order valence-corrected chi connectivity index (χ4v) is 2.38. The highest BCUT2D eigenvalue weighted by molar-refractivity contribution is 5.38. The van der Waals surface area contributed by atoms with Crippen LogP contribution in [-0.2, 0) is 6.54 Å². The molecule has 0 atom stereocenters. The topological polar surface area (TPSA) is 23.5 Å². The van der Waals surface area contributed by atoms with Crippen LogP contribution in [0.4, 0.5) is 4.39 Å². The predicted molar refractivity (Wildman–Crippen MR) is 78.7 cm³/mol. The number of nitrogens with zero attached hydrogens (tertiary/aromatic N) is 1. The lowest BCUT2D eigenvalue weighted by Gasteiger charge is -2.21. The zero-order chi connectivity index (χ0) is 14.4. The molecule has 1 fully saturated rings. The third-order valence-electron chi connectivity index (χ3n) is 3.49. The van der Waals surface area contributed by atoms with Gasteiger partial charge in [-0.15, -0.1) is 0 Å². The average Bonchev–Trinajstić information content (AvgIpc) is 3.23. The van der Waals surface area contributed by atoms with Crippen LogP contribution in [0.2, 0.25) is 0 Å². The molecule has 1 N–H and O–H groups in total. The molecule has 0 unspecified atom stereocenters. The Bertz CT molecular complexity index is 499. The van der Waals surface area contributed by atoms with E-state index in [4.69, 9.17) is 5.11 Å². The van der Waals surface area contributed by atoms with Gasteiger partial charge in [0.2, 0.25) is 0 Å². The molecule has 1 saturated carbocycles. The van der Waals surface area contributed by atoms with Gasteiger partial charge in [0.05, 0.1) is 5.56 Å². The molecule has 0 aromatic heterocycles. The van der Waals surface area contributed by atoms with Crippen molar-refractivity contribution in [3.63, 3.8) is 0 Å². The summed E-state index contributed by atoms with van der Waals surface area (Å²) >= 11 is 0. The van der Waals surface area contributed by atoms with Crippen molar-refractivity contribution in [2.75, 3.05) is 19.7 Å². The van der Waals surface area contributed by atoms with Crippen molar-refractivity contribution < 1.29 is 9.50 Å². The monoisotopic (exact) mass is 275 g/mol. The Morgan fingerprint density at radius 1 is 1.40 bits per heavy atom. The van der Waals surface area contributed by atoms with E-state index in [1.54, 1.807) is 6.07 Å². The zero-order valence-electron chi connectivity index (χ0n) is 12.0. The Morgan fingerprint density at radius 3 is 2.85 bits per heavy atom. The van der Waals surface area contributed by atoms with Gasteiger partial charge < -0.3 is 5.11 Å². The van der Waals surface area contributed by atoms with Gasteiger partial charge in [0.1, 0.15) is 12.4 Å². The molecule has 2 rings (SSSR count). The van der Waals surface area contributed by atoms with E-state index in [2.05, 4.69) is 23.7 Å². The first-order chi connectivity index (χ1) is 9.72. The van der Waals surface area contributed by atoms with Gasteiger partial charge in [-0.2, -0.15) is 0 Å². The van der Waals surface area contributed by atoms with Crippen molar-refractivity contribution in [1.82, 2.24) is 4.90 Å². The number of hydrogen-bond donors (Lipinski definition) is 1. The van der Waals surface area contributed by atoms with E-state index in [1.807, 2.05) is 6.07 Å². The number of aliphatic hydroxyl groups excluding tert-OH is 1. The van der Waals surface area contributed by atoms with Crippen LogP contribution in [0.15, 0.2) is 18.2 Å². The molecule has 0 bridgehead atoms. The quantitative estimate of drug-likeness (QED) is 0.807. The summed E-state index contributed by atoms with van der Waals surface area (Å²) in [7, 11) is 0. The molecule has 0 amide bonds. The van der Waals surface area contributed by atoms with Crippen molar-refractivity contribution in [2.45, 2.75) is 32.7 Å². The summed E-state index contributed by atoms with van der Waals surface area (Å²) in [6.45, 7) is 5.00. The van der Waals surface area contributed by atoms with Crippen molar-refractivity contribution in [3.8, 4) is 11.8 Å². The first-order valence-electron chi connectivity index (χ1n) is 7.33. The lowest BCUT2D eigenvalue weighted by atomic mass is 10.1. The summed E-state index contributed by atoms with van der Waals surface area (Å²) in [5.74, 6) is 5.71. The minimum Gasteiger partial charge on any atom is -0.384 e. The lowest BCUT2D eigenvalue weighted by Crippen LogP contribution is -2.26. The number of halogens is 1. The standard InChI is InChI=1S/C17H22FNO/c1-2-9-19(12-14-5-6-14)13-15-7-8-17(18)16(11-15)4-3-10-20/h7-8,11,14,20H,2,5-6,9-10,12-13H2,1H3. The van der Waals surface area contributed by atoms with Crippen LogP contribution in [0.1, 0.15) is 37.3 Å². The Balaban J connectivity index is 2.06. The van der Waals surface area contributed by atoms with Crippen LogP contribution in [0, 0.1) is 23.6 Å². The molecule has 0 radical (unpaired) electrons. The van der Waals surface area contributed by atoms with E-state index < -0.39 is 0 Å². The Labute approximate surface area is 120 Å². The van der Waals surface area contributed by atoms with Gasteiger partial charge in [-0.1, -0.05) is 24.8 Å². The van der Waals surface area contributed by atoms with Gasteiger partial charge in [-0.05, 0) is 49.4 Å².